The minimum atomic E-state index is -0.0305. The molecule has 6 nitrogen and oxygen atoms in total. The smallest absolute Gasteiger partial charge is 0.317 e. The van der Waals surface area contributed by atoms with Crippen molar-refractivity contribution >= 4 is 6.03 Å². The molecule has 0 saturated carbocycles. The van der Waals surface area contributed by atoms with E-state index >= 15 is 0 Å². The summed E-state index contributed by atoms with van der Waals surface area (Å²) in [6.07, 6.45) is 1.63. The van der Waals surface area contributed by atoms with E-state index in [1.54, 1.807) is 4.90 Å². The molecule has 3 rings (SSSR count). The van der Waals surface area contributed by atoms with Crippen molar-refractivity contribution in [2.45, 2.75) is 32.8 Å². The van der Waals surface area contributed by atoms with Gasteiger partial charge in [0.2, 0.25) is 5.88 Å². The fourth-order valence-electron chi connectivity index (χ4n) is 2.99. The lowest BCUT2D eigenvalue weighted by molar-refractivity contribution is 0.183. The van der Waals surface area contributed by atoms with Crippen molar-refractivity contribution in [3.05, 3.63) is 53.5 Å². The summed E-state index contributed by atoms with van der Waals surface area (Å²) in [6, 6.07) is 11.9. The van der Waals surface area contributed by atoms with Gasteiger partial charge in [0.25, 0.3) is 0 Å². The summed E-state index contributed by atoms with van der Waals surface area (Å²) < 4.78 is 5.92. The number of rotatable bonds is 5. The number of nitrogens with zero attached hydrogens (tertiary/aromatic N) is 3. The average molecular weight is 340 g/mol. The maximum atomic E-state index is 12.3. The van der Waals surface area contributed by atoms with Crippen LogP contribution in [0.4, 0.5) is 4.79 Å². The Kier molecular flexibility index (Phi) is 5.48. The van der Waals surface area contributed by atoms with Crippen LogP contribution in [0.5, 0.6) is 5.88 Å². The Morgan fingerprint density at radius 2 is 2.08 bits per heavy atom. The fraction of sp³-hybridized carbons (Fsp3) is 0.421. The molecule has 1 aromatic carbocycles. The summed E-state index contributed by atoms with van der Waals surface area (Å²) in [4.78, 5) is 22.6. The van der Waals surface area contributed by atoms with Crippen molar-refractivity contribution < 1.29 is 9.53 Å². The Hall–Kier alpha value is -2.63. The molecule has 1 atom stereocenters. The van der Waals surface area contributed by atoms with Gasteiger partial charge >= 0.3 is 6.03 Å². The van der Waals surface area contributed by atoms with Gasteiger partial charge in [0.1, 0.15) is 11.9 Å². The molecule has 1 fully saturated rings. The summed E-state index contributed by atoms with van der Waals surface area (Å²) in [6.45, 7) is 5.68. The van der Waals surface area contributed by atoms with Crippen LogP contribution in [0.2, 0.25) is 0 Å². The lowest BCUT2D eigenvalue weighted by Crippen LogP contribution is -2.40. The first-order chi connectivity index (χ1) is 12.1. The van der Waals surface area contributed by atoms with E-state index in [4.69, 9.17) is 4.74 Å². The van der Waals surface area contributed by atoms with Gasteiger partial charge in [-0.15, -0.1) is 0 Å². The van der Waals surface area contributed by atoms with Crippen molar-refractivity contribution in [1.29, 1.82) is 0 Å². The molecule has 0 spiro atoms. The van der Waals surface area contributed by atoms with Gasteiger partial charge in [-0.1, -0.05) is 30.3 Å². The van der Waals surface area contributed by atoms with Crippen LogP contribution in [0, 0.1) is 13.8 Å². The first-order valence-corrected chi connectivity index (χ1v) is 8.66. The van der Waals surface area contributed by atoms with E-state index in [2.05, 4.69) is 27.4 Å². The molecule has 0 bridgehead atoms. The van der Waals surface area contributed by atoms with Crippen molar-refractivity contribution in [2.24, 2.45) is 0 Å². The Bertz CT molecular complexity index is 700. The minimum Gasteiger partial charge on any atom is -0.472 e. The highest BCUT2D eigenvalue weighted by Gasteiger charge is 2.27. The Balaban J connectivity index is 1.44. The average Bonchev–Trinajstić information content (AvgIpc) is 3.03. The minimum absolute atomic E-state index is 0.0198. The molecule has 2 amide bonds. The zero-order valence-electron chi connectivity index (χ0n) is 14.7. The third kappa shape index (κ3) is 4.92. The molecule has 1 aliphatic heterocycles. The van der Waals surface area contributed by atoms with Crippen LogP contribution >= 0.6 is 0 Å². The van der Waals surface area contributed by atoms with E-state index in [0.29, 0.717) is 31.3 Å². The Labute approximate surface area is 148 Å². The second kappa shape index (κ2) is 7.96. The maximum absolute atomic E-state index is 12.3. The lowest BCUT2D eigenvalue weighted by Gasteiger charge is -2.18. The molecule has 25 heavy (non-hydrogen) atoms. The monoisotopic (exact) mass is 340 g/mol. The summed E-state index contributed by atoms with van der Waals surface area (Å²) in [5, 5.41) is 2.98. The molecule has 132 valence electrons. The second-order valence-electron chi connectivity index (χ2n) is 6.34. The van der Waals surface area contributed by atoms with Gasteiger partial charge in [-0.05, 0) is 25.8 Å². The summed E-state index contributed by atoms with van der Waals surface area (Å²) in [5.74, 6) is 1.28. The van der Waals surface area contributed by atoms with Crippen molar-refractivity contribution in [3.63, 3.8) is 0 Å². The molecule has 1 N–H and O–H groups in total. The van der Waals surface area contributed by atoms with Gasteiger partial charge in [0, 0.05) is 31.3 Å². The quantitative estimate of drug-likeness (QED) is 0.908. The molecule has 6 heteroatoms. The SMILES string of the molecule is Cc1cc(OC2CCN(C(=O)NCCc3ccccc3)C2)nc(C)n1. The predicted molar refractivity (Wildman–Crippen MR) is 95.7 cm³/mol. The Morgan fingerprint density at radius 3 is 2.84 bits per heavy atom. The molecule has 0 aliphatic carbocycles. The predicted octanol–water partition coefficient (Wildman–Crippen LogP) is 2.50. The molecule has 1 aromatic heterocycles. The second-order valence-corrected chi connectivity index (χ2v) is 6.34. The number of carbonyl (C=O) groups is 1. The molecule has 0 radical (unpaired) electrons. The molecule has 1 unspecified atom stereocenters. The van der Waals surface area contributed by atoms with Crippen LogP contribution in [-0.4, -0.2) is 46.6 Å². The van der Waals surface area contributed by atoms with Crippen LogP contribution < -0.4 is 10.1 Å². The van der Waals surface area contributed by atoms with Crippen LogP contribution in [0.1, 0.15) is 23.5 Å². The van der Waals surface area contributed by atoms with E-state index in [1.165, 1.54) is 5.56 Å². The third-order valence-corrected chi connectivity index (χ3v) is 4.19. The van der Waals surface area contributed by atoms with E-state index in [1.807, 2.05) is 38.1 Å². The van der Waals surface area contributed by atoms with Gasteiger partial charge < -0.3 is 15.0 Å². The van der Waals surface area contributed by atoms with E-state index in [9.17, 15) is 4.79 Å². The molecular formula is C19H24N4O2. The number of aryl methyl sites for hydroxylation is 2. The largest absolute Gasteiger partial charge is 0.472 e. The normalized spacial score (nSPS) is 16.7. The zero-order valence-corrected chi connectivity index (χ0v) is 14.7. The highest BCUT2D eigenvalue weighted by atomic mass is 16.5. The maximum Gasteiger partial charge on any atom is 0.317 e. The van der Waals surface area contributed by atoms with E-state index in [-0.39, 0.29) is 12.1 Å². The van der Waals surface area contributed by atoms with E-state index < -0.39 is 0 Å². The van der Waals surface area contributed by atoms with Gasteiger partial charge in [0.05, 0.1) is 6.54 Å². The molecule has 1 saturated heterocycles. The lowest BCUT2D eigenvalue weighted by atomic mass is 10.1. The molecular weight excluding hydrogens is 316 g/mol. The zero-order chi connectivity index (χ0) is 17.6. The number of ether oxygens (including phenoxy) is 1. The number of nitrogens with one attached hydrogen (secondary N) is 1. The summed E-state index contributed by atoms with van der Waals surface area (Å²) >= 11 is 0. The van der Waals surface area contributed by atoms with Crippen molar-refractivity contribution in [2.75, 3.05) is 19.6 Å². The highest BCUT2D eigenvalue weighted by molar-refractivity contribution is 5.74. The fourth-order valence-corrected chi connectivity index (χ4v) is 2.99. The molecule has 2 heterocycles. The third-order valence-electron chi connectivity index (χ3n) is 4.19. The van der Waals surface area contributed by atoms with Crippen LogP contribution in [0.25, 0.3) is 0 Å². The topological polar surface area (TPSA) is 67.3 Å². The van der Waals surface area contributed by atoms with Crippen molar-refractivity contribution in [3.8, 4) is 5.88 Å². The number of benzene rings is 1. The first kappa shape index (κ1) is 17.2. The molecule has 2 aromatic rings. The number of amides is 2. The van der Waals surface area contributed by atoms with Gasteiger partial charge in [0.15, 0.2) is 0 Å². The Morgan fingerprint density at radius 1 is 1.28 bits per heavy atom. The number of carbonyl (C=O) groups excluding carboxylic acids is 1. The van der Waals surface area contributed by atoms with Crippen LogP contribution in [-0.2, 0) is 6.42 Å². The number of urea groups is 1. The standard InChI is InChI=1S/C19H24N4O2/c1-14-12-18(22-15(2)21-14)25-17-9-11-23(13-17)19(24)20-10-8-16-6-4-3-5-7-16/h3-7,12,17H,8-11,13H2,1-2H3,(H,20,24). The van der Waals surface area contributed by atoms with Crippen molar-refractivity contribution in [1.82, 2.24) is 20.2 Å². The van der Waals surface area contributed by atoms with Gasteiger partial charge in [-0.2, -0.15) is 4.98 Å². The number of hydrogen-bond donors (Lipinski definition) is 1. The van der Waals surface area contributed by atoms with Crippen LogP contribution in [0.15, 0.2) is 36.4 Å². The number of hydrogen-bond acceptors (Lipinski definition) is 4. The summed E-state index contributed by atoms with van der Waals surface area (Å²) in [5.41, 5.74) is 2.11. The van der Waals surface area contributed by atoms with E-state index in [0.717, 1.165) is 18.5 Å². The highest BCUT2D eigenvalue weighted by Crippen LogP contribution is 2.17. The van der Waals surface area contributed by atoms with Gasteiger partial charge in [-0.3, -0.25) is 0 Å². The molecule has 1 aliphatic rings. The first-order valence-electron chi connectivity index (χ1n) is 8.66. The number of aromatic nitrogens is 2. The summed E-state index contributed by atoms with van der Waals surface area (Å²) in [7, 11) is 0. The van der Waals surface area contributed by atoms with Crippen LogP contribution in [0.3, 0.4) is 0 Å². The number of likely N-dealkylation sites (tertiary alicyclic amines) is 1. The van der Waals surface area contributed by atoms with Gasteiger partial charge in [-0.25, -0.2) is 9.78 Å².